The predicted molar refractivity (Wildman–Crippen MR) is 315 cm³/mol. The van der Waals surface area contributed by atoms with Gasteiger partial charge in [-0.2, -0.15) is 0 Å². The molecule has 0 spiro atoms. The van der Waals surface area contributed by atoms with Gasteiger partial charge in [-0.05, 0) is 128 Å². The van der Waals surface area contributed by atoms with Gasteiger partial charge in [-0.1, -0.05) is 236 Å². The third-order valence-corrected chi connectivity index (χ3v) is 11.2. The third kappa shape index (κ3) is 57.5. The van der Waals surface area contributed by atoms with Crippen LogP contribution in [0.1, 0.15) is 213 Å². The Balaban J connectivity index is 4.67. The van der Waals surface area contributed by atoms with Crippen molar-refractivity contribution in [2.45, 2.75) is 219 Å². The Labute approximate surface area is 447 Å². The summed E-state index contributed by atoms with van der Waals surface area (Å²) < 4.78 is 16.7. The lowest BCUT2D eigenvalue weighted by Gasteiger charge is -2.18. The van der Waals surface area contributed by atoms with Gasteiger partial charge in [0.05, 0.1) is 0 Å². The first-order valence-corrected chi connectivity index (χ1v) is 28.6. The van der Waals surface area contributed by atoms with Crippen molar-refractivity contribution in [2.75, 3.05) is 13.2 Å². The Bertz CT molecular complexity index is 1720. The topological polar surface area (TPSA) is 78.9 Å². The number of hydrogen-bond acceptors (Lipinski definition) is 6. The number of carbonyl (C=O) groups excluding carboxylic acids is 3. The molecule has 0 aliphatic rings. The molecule has 0 rings (SSSR count). The van der Waals surface area contributed by atoms with E-state index < -0.39 is 12.1 Å². The van der Waals surface area contributed by atoms with Crippen LogP contribution in [0.2, 0.25) is 0 Å². The first kappa shape index (κ1) is 67.8. The van der Waals surface area contributed by atoms with E-state index in [9.17, 15) is 14.4 Å². The smallest absolute Gasteiger partial charge is 0.306 e. The maximum absolute atomic E-state index is 12.8. The van der Waals surface area contributed by atoms with Crippen molar-refractivity contribution in [2.24, 2.45) is 0 Å². The number of hydrogen-bond donors (Lipinski definition) is 0. The summed E-state index contributed by atoms with van der Waals surface area (Å²) in [5.74, 6) is -1.14. The number of rotatable bonds is 49. The Morgan fingerprint density at radius 1 is 0.288 bits per heavy atom. The van der Waals surface area contributed by atoms with E-state index in [4.69, 9.17) is 14.2 Å². The van der Waals surface area contributed by atoms with Crippen molar-refractivity contribution in [1.29, 1.82) is 0 Å². The first-order valence-electron chi connectivity index (χ1n) is 28.6. The minimum Gasteiger partial charge on any atom is -0.462 e. The normalized spacial score (nSPS) is 13.4. The molecular formula is C67H102O6. The van der Waals surface area contributed by atoms with Gasteiger partial charge in [-0.3, -0.25) is 14.4 Å². The summed E-state index contributed by atoms with van der Waals surface area (Å²) in [6.45, 7) is 6.23. The monoisotopic (exact) mass is 1000 g/mol. The number of unbranched alkanes of at least 4 members (excludes halogenated alkanes) is 10. The molecule has 0 aliphatic heterocycles. The molecule has 0 fully saturated rings. The molecule has 73 heavy (non-hydrogen) atoms. The summed E-state index contributed by atoms with van der Waals surface area (Å²) >= 11 is 0. The number of esters is 3. The average molecular weight is 1000 g/mol. The van der Waals surface area contributed by atoms with Gasteiger partial charge in [0, 0.05) is 19.3 Å². The zero-order valence-corrected chi connectivity index (χ0v) is 46.3. The molecule has 0 N–H and O–H groups in total. The fraction of sp³-hybridized carbons (Fsp3) is 0.537. The van der Waals surface area contributed by atoms with Crippen molar-refractivity contribution < 1.29 is 28.6 Å². The summed E-state index contributed by atoms with van der Waals surface area (Å²) in [5.41, 5.74) is 0. The largest absolute Gasteiger partial charge is 0.462 e. The molecule has 0 saturated carbocycles. The molecule has 1 atom stereocenters. The molecule has 0 radical (unpaired) electrons. The van der Waals surface area contributed by atoms with E-state index in [1.54, 1.807) is 0 Å². The van der Waals surface area contributed by atoms with Crippen molar-refractivity contribution >= 4 is 17.9 Å². The molecule has 0 saturated heterocycles. The predicted octanol–water partition coefficient (Wildman–Crippen LogP) is 19.5. The van der Waals surface area contributed by atoms with Crippen LogP contribution in [0.4, 0.5) is 0 Å². The molecular weight excluding hydrogens is 901 g/mol. The van der Waals surface area contributed by atoms with E-state index in [0.717, 1.165) is 109 Å². The van der Waals surface area contributed by atoms with Crippen molar-refractivity contribution in [1.82, 2.24) is 0 Å². The van der Waals surface area contributed by atoms with Crippen LogP contribution in [-0.2, 0) is 28.6 Å². The van der Waals surface area contributed by atoms with E-state index in [1.807, 2.05) is 24.3 Å². The maximum atomic E-state index is 12.8. The fourth-order valence-electron chi connectivity index (χ4n) is 6.99. The van der Waals surface area contributed by atoms with Gasteiger partial charge in [-0.25, -0.2) is 0 Å². The Hall–Kier alpha value is -5.23. The number of carbonyl (C=O) groups is 3. The van der Waals surface area contributed by atoms with Gasteiger partial charge in [0.1, 0.15) is 13.2 Å². The fourth-order valence-corrected chi connectivity index (χ4v) is 6.99. The highest BCUT2D eigenvalue weighted by molar-refractivity contribution is 5.71. The highest BCUT2D eigenvalue weighted by Crippen LogP contribution is 2.12. The van der Waals surface area contributed by atoms with Crippen LogP contribution in [0.3, 0.4) is 0 Å². The van der Waals surface area contributed by atoms with Crippen molar-refractivity contribution in [3.8, 4) is 0 Å². The van der Waals surface area contributed by atoms with Gasteiger partial charge >= 0.3 is 17.9 Å². The average Bonchev–Trinajstić information content (AvgIpc) is 3.39. The van der Waals surface area contributed by atoms with Gasteiger partial charge in [0.15, 0.2) is 6.10 Å². The molecule has 0 aromatic rings. The van der Waals surface area contributed by atoms with Crippen LogP contribution >= 0.6 is 0 Å². The minimum atomic E-state index is -0.863. The summed E-state index contributed by atoms with van der Waals surface area (Å²) in [7, 11) is 0. The molecule has 0 amide bonds. The van der Waals surface area contributed by atoms with E-state index in [2.05, 4.69) is 167 Å². The molecule has 0 heterocycles. The summed E-state index contributed by atoms with van der Waals surface area (Å²) in [6.07, 6.45) is 87.9. The van der Waals surface area contributed by atoms with Crippen LogP contribution in [0.15, 0.2) is 170 Å². The molecule has 6 nitrogen and oxygen atoms in total. The SMILES string of the molecule is CC/C=C\C/C=C\C/C=C\C/C=C\C/C=C\C/C=C\CCC(=O)OC[C@@H](COC(=O)CCCCCCCCC/C=C\C/C=C\CCCCC)OC(=O)CC/C=C\C/C=C\C/C=C\C/C=C\C/C=C\C/C=C\CC. The van der Waals surface area contributed by atoms with Crippen LogP contribution in [0.5, 0.6) is 0 Å². The quantitative estimate of drug-likeness (QED) is 0.0261. The van der Waals surface area contributed by atoms with Gasteiger partial charge in [0.25, 0.3) is 0 Å². The van der Waals surface area contributed by atoms with E-state index >= 15 is 0 Å². The molecule has 0 aromatic carbocycles. The summed E-state index contributed by atoms with van der Waals surface area (Å²) in [5, 5.41) is 0. The van der Waals surface area contributed by atoms with E-state index in [-0.39, 0.29) is 38.0 Å². The lowest BCUT2D eigenvalue weighted by Crippen LogP contribution is -2.30. The zero-order valence-electron chi connectivity index (χ0n) is 46.3. The molecule has 6 heteroatoms. The van der Waals surface area contributed by atoms with Crippen LogP contribution < -0.4 is 0 Å². The Morgan fingerprint density at radius 3 is 0.918 bits per heavy atom. The maximum Gasteiger partial charge on any atom is 0.306 e. The molecule has 0 aliphatic carbocycles. The Kier molecular flexibility index (Phi) is 55.1. The number of allylic oxidation sites excluding steroid dienone is 28. The highest BCUT2D eigenvalue weighted by atomic mass is 16.6. The second-order valence-electron chi connectivity index (χ2n) is 18.1. The first-order chi connectivity index (χ1) is 36.0. The second-order valence-corrected chi connectivity index (χ2v) is 18.1. The molecule has 406 valence electrons. The van der Waals surface area contributed by atoms with Gasteiger partial charge in [0.2, 0.25) is 0 Å². The standard InChI is InChI=1S/C67H102O6/c1-4-7-10-13-16-19-22-25-28-31-33-36-39-42-45-48-51-54-57-60-66(69)72-63-64(62-71-65(68)59-56-53-50-47-44-41-38-35-30-27-24-21-18-15-12-9-6-3)73-67(70)61-58-55-52-49-46-43-40-37-34-32-29-26-23-20-17-14-11-8-5-2/h7-8,10-11,16-21,25-30,33-34,36-37,42-43,45-46,51-52,54-55,64H,4-6,9,12-15,22-24,31-32,35,38-41,44,47-50,53,56-63H2,1-3H3/b10-7-,11-8-,19-16-,20-17-,21-18-,28-25-,29-26-,30-27-,36-33-,37-34-,45-42-,46-43-,54-51-,55-52-/t64-/m1/s1. The highest BCUT2D eigenvalue weighted by Gasteiger charge is 2.19. The van der Waals surface area contributed by atoms with E-state index in [0.29, 0.717) is 19.3 Å². The van der Waals surface area contributed by atoms with Crippen LogP contribution in [0.25, 0.3) is 0 Å². The lowest BCUT2D eigenvalue weighted by atomic mass is 10.1. The van der Waals surface area contributed by atoms with Gasteiger partial charge < -0.3 is 14.2 Å². The Morgan fingerprint density at radius 2 is 0.562 bits per heavy atom. The van der Waals surface area contributed by atoms with Crippen molar-refractivity contribution in [3.63, 3.8) is 0 Å². The number of ether oxygens (including phenoxy) is 3. The third-order valence-electron chi connectivity index (χ3n) is 11.2. The van der Waals surface area contributed by atoms with Gasteiger partial charge in [-0.15, -0.1) is 0 Å². The summed E-state index contributed by atoms with van der Waals surface area (Å²) in [4.78, 5) is 38.1. The minimum absolute atomic E-state index is 0.144. The van der Waals surface area contributed by atoms with Crippen LogP contribution in [0, 0.1) is 0 Å². The second kappa shape index (κ2) is 59.3. The lowest BCUT2D eigenvalue weighted by molar-refractivity contribution is -0.166. The summed E-state index contributed by atoms with van der Waals surface area (Å²) in [6, 6.07) is 0. The molecule has 0 unspecified atom stereocenters. The van der Waals surface area contributed by atoms with Crippen LogP contribution in [-0.4, -0.2) is 37.2 Å². The molecule has 0 bridgehead atoms. The van der Waals surface area contributed by atoms with E-state index in [1.165, 1.54) is 51.4 Å². The zero-order chi connectivity index (χ0) is 52.9. The van der Waals surface area contributed by atoms with Crippen molar-refractivity contribution in [3.05, 3.63) is 170 Å². The molecule has 0 aromatic heterocycles.